The fraction of sp³-hybridized carbons (Fsp3) is 0.235. The number of nitrogens with zero attached hydrogens (tertiary/aromatic N) is 4. The van der Waals surface area contributed by atoms with Crippen molar-refractivity contribution in [2.24, 2.45) is 0 Å². The topological polar surface area (TPSA) is 151 Å². The maximum atomic E-state index is 12.3. The molecule has 0 aliphatic rings. The summed E-state index contributed by atoms with van der Waals surface area (Å²) in [5.41, 5.74) is 2.46. The number of anilines is 2. The molecule has 4 rings (SSSR count). The van der Waals surface area contributed by atoms with E-state index in [-0.39, 0.29) is 23.2 Å². The third-order valence-electron chi connectivity index (χ3n) is 6.11. The summed E-state index contributed by atoms with van der Waals surface area (Å²) in [6.07, 6.45) is 0. The van der Waals surface area contributed by atoms with E-state index in [0.29, 0.717) is 71.9 Å². The van der Waals surface area contributed by atoms with E-state index in [4.69, 9.17) is 68.5 Å². The number of hydrogen-bond acceptors (Lipinski definition) is 8. The third-order valence-corrected chi connectivity index (χ3v) is 6.11. The van der Waals surface area contributed by atoms with Crippen molar-refractivity contribution >= 4 is 73.3 Å². The first-order valence-electron chi connectivity index (χ1n) is 15.8. The summed E-state index contributed by atoms with van der Waals surface area (Å²) in [6.45, 7) is 8.93. The van der Waals surface area contributed by atoms with Crippen LogP contribution >= 0.6 is 38.8 Å². The molecule has 0 aromatic heterocycles. The Hall–Kier alpha value is -4.36. The van der Waals surface area contributed by atoms with Gasteiger partial charge in [0, 0.05) is 23.3 Å². The van der Waals surface area contributed by atoms with E-state index in [1.54, 1.807) is 60.7 Å². The van der Waals surface area contributed by atoms with Crippen molar-refractivity contribution in [3.05, 3.63) is 106 Å². The molecule has 0 aliphatic carbocycles. The predicted octanol–water partition coefficient (Wildman–Crippen LogP) is 11.2. The number of amides is 2. The normalized spacial score (nSPS) is 10.0. The quantitative estimate of drug-likeness (QED) is 0.106. The van der Waals surface area contributed by atoms with Crippen molar-refractivity contribution in [1.29, 1.82) is 10.8 Å². The molecule has 2 amide bonds. The van der Waals surface area contributed by atoms with Crippen LogP contribution < -0.4 is 29.6 Å². The second-order valence-electron chi connectivity index (χ2n) is 9.81. The van der Waals surface area contributed by atoms with Crippen LogP contribution in [0.3, 0.4) is 0 Å². The van der Waals surface area contributed by atoms with Gasteiger partial charge in [0.2, 0.25) is 22.3 Å². The summed E-state index contributed by atoms with van der Waals surface area (Å²) in [5, 5.41) is 23.8. The van der Waals surface area contributed by atoms with E-state index in [1.165, 1.54) is 12.1 Å². The Balaban J connectivity index is 0.000000312. The van der Waals surface area contributed by atoms with E-state index in [1.807, 2.05) is 39.8 Å². The molecule has 2 N–H and O–H groups in total. The molecule has 51 heavy (non-hydrogen) atoms. The van der Waals surface area contributed by atoms with Crippen LogP contribution in [0.1, 0.15) is 48.4 Å². The van der Waals surface area contributed by atoms with E-state index in [0.717, 1.165) is 0 Å². The summed E-state index contributed by atoms with van der Waals surface area (Å²) >= 11 is 0. The predicted molar refractivity (Wildman–Crippen MR) is 199 cm³/mol. The molecule has 0 atom stereocenters. The monoisotopic (exact) mass is 828 g/mol. The summed E-state index contributed by atoms with van der Waals surface area (Å²) in [6, 6.07) is 23.9. The van der Waals surface area contributed by atoms with E-state index < -0.39 is 10.8 Å². The molecule has 268 valence electrons. The zero-order valence-electron chi connectivity index (χ0n) is 28.4. The molecule has 0 heterocycles. The van der Waals surface area contributed by atoms with Crippen LogP contribution in [0.2, 0.25) is 0 Å². The van der Waals surface area contributed by atoms with Crippen molar-refractivity contribution in [1.82, 2.24) is 0 Å². The van der Waals surface area contributed by atoms with E-state index >= 15 is 0 Å². The van der Waals surface area contributed by atoms with E-state index in [2.05, 4.69) is 20.6 Å². The van der Waals surface area contributed by atoms with Gasteiger partial charge in [-0.05, 0) is 52.0 Å². The average molecular weight is 832 g/mol. The van der Waals surface area contributed by atoms with Gasteiger partial charge in [-0.1, -0.05) is 36.4 Å². The number of benzene rings is 4. The van der Waals surface area contributed by atoms with Crippen LogP contribution in [0.5, 0.6) is 23.0 Å². The molecule has 0 unspecified atom stereocenters. The van der Waals surface area contributed by atoms with Gasteiger partial charge in [0.05, 0.1) is 49.9 Å². The van der Waals surface area contributed by atoms with Gasteiger partial charge < -0.3 is 29.6 Å². The fourth-order valence-corrected chi connectivity index (χ4v) is 4.11. The Morgan fingerprint density at radius 2 is 0.863 bits per heavy atom. The number of nitrogens with one attached hydrogen (secondary N) is 2. The minimum absolute atomic E-state index is 0.244. The van der Waals surface area contributed by atoms with Gasteiger partial charge in [0.25, 0.3) is 11.8 Å². The van der Waals surface area contributed by atoms with Gasteiger partial charge >= 0.3 is 61.0 Å². The zero-order chi connectivity index (χ0) is 37.8. The molecule has 0 aliphatic heterocycles. The van der Waals surface area contributed by atoms with Crippen molar-refractivity contribution in [3.8, 4) is 23.0 Å². The number of ether oxygens (including phenoxy) is 4. The number of hydrogen-bond donors (Lipinski definition) is 2. The molecule has 0 fully saturated rings. The standard InChI is InChI=1S/2C17H17N3O3.4ClH.Zn/c2*1-3-22-15-11-14(20-18)16(23-4-2)10-13(15)19-17(21)12-8-6-5-7-9-12;;;;;/h2*5-11H,3-4H2,1-2H3;4*1H;/q;;;;;;+2/p-2. The SMILES string of the molecule is CCOc1cc(NC(=O)c2ccccc2)c(OCC)cc1[N+]#N.CCOc1cc(NC(=O)c2ccccc2)c(OCC)cc1[N+]#N.[Cl][Zn-2]([Cl])([Cl])[Cl]. The maximum absolute atomic E-state index is 12.3. The molecule has 0 spiro atoms. The summed E-state index contributed by atoms with van der Waals surface area (Å²) < 4.78 is 21.9. The van der Waals surface area contributed by atoms with Crippen molar-refractivity contribution in [2.75, 3.05) is 37.1 Å². The minimum atomic E-state index is -3.36. The van der Waals surface area contributed by atoms with Crippen molar-refractivity contribution in [3.63, 3.8) is 0 Å². The number of halogens is 4. The third kappa shape index (κ3) is 15.2. The van der Waals surface area contributed by atoms with Gasteiger partial charge in [0.15, 0.2) is 21.5 Å². The summed E-state index contributed by atoms with van der Waals surface area (Å²) in [4.78, 5) is 31.0. The molecular formula is C34H36Cl4N6O6Zn. The molecule has 4 aromatic carbocycles. The Kier molecular flexibility index (Phi) is 18.9. The van der Waals surface area contributed by atoms with Gasteiger partial charge in [-0.15, -0.1) is 0 Å². The molecule has 17 heteroatoms. The second kappa shape index (κ2) is 22.5. The number of carbonyl (C=O) groups is 2. The van der Waals surface area contributed by atoms with Crippen LogP contribution in [0.4, 0.5) is 22.7 Å². The van der Waals surface area contributed by atoms with Gasteiger partial charge in [0.1, 0.15) is 0 Å². The van der Waals surface area contributed by atoms with Gasteiger partial charge in [-0.3, -0.25) is 9.59 Å². The molecule has 4 aromatic rings. The summed E-state index contributed by atoms with van der Waals surface area (Å²) in [7, 11) is 16.8. The number of carbonyl (C=O) groups excluding carboxylic acids is 2. The number of diazo groups is 2. The average Bonchev–Trinajstić information content (AvgIpc) is 3.11. The first-order valence-corrected chi connectivity index (χ1v) is 31.4. The van der Waals surface area contributed by atoms with E-state index in [9.17, 15) is 9.59 Å². The van der Waals surface area contributed by atoms with Crippen LogP contribution in [-0.4, -0.2) is 38.2 Å². The fourth-order valence-electron chi connectivity index (χ4n) is 4.11. The molecule has 0 radical (unpaired) electrons. The van der Waals surface area contributed by atoms with Crippen LogP contribution in [0, 0.1) is 10.8 Å². The first-order chi connectivity index (χ1) is 24.4. The van der Waals surface area contributed by atoms with Crippen LogP contribution in [0.15, 0.2) is 84.9 Å². The summed E-state index contributed by atoms with van der Waals surface area (Å²) in [5.74, 6) is 1.02. The molecular weight excluding hydrogens is 796 g/mol. The van der Waals surface area contributed by atoms with Crippen LogP contribution in [-0.2, 0) is 10.8 Å². The molecule has 0 saturated carbocycles. The Bertz CT molecular complexity index is 1690. The van der Waals surface area contributed by atoms with Crippen molar-refractivity contribution < 1.29 is 39.3 Å². The zero-order valence-corrected chi connectivity index (χ0v) is 34.4. The van der Waals surface area contributed by atoms with Gasteiger partial charge in [-0.2, -0.15) is 0 Å². The van der Waals surface area contributed by atoms with Crippen LogP contribution in [0.25, 0.3) is 9.95 Å². The Labute approximate surface area is 315 Å². The second-order valence-corrected chi connectivity index (χ2v) is 37.5. The Morgan fingerprint density at radius 3 is 1.14 bits per heavy atom. The first kappa shape index (κ1) is 42.8. The van der Waals surface area contributed by atoms with Gasteiger partial charge in [-0.25, -0.2) is 0 Å². The molecule has 12 nitrogen and oxygen atoms in total. The molecule has 0 bridgehead atoms. The Morgan fingerprint density at radius 1 is 0.569 bits per heavy atom. The molecule has 0 saturated heterocycles. The number of rotatable bonds is 12. The van der Waals surface area contributed by atoms with Crippen molar-refractivity contribution in [2.45, 2.75) is 27.7 Å².